The molecule has 1 aliphatic carbocycles. The molecule has 244 valence electrons. The van der Waals surface area contributed by atoms with E-state index in [1.165, 1.54) is 4.90 Å². The number of Topliss-reactive ketones (excluding diaryl/α,β-unsaturated/α-hetero) is 2. The third-order valence-corrected chi connectivity index (χ3v) is 7.75. The number of hydrogen-bond acceptors (Lipinski definition) is 7. The molecule has 11 heteroatoms. The van der Waals surface area contributed by atoms with Gasteiger partial charge in [0.1, 0.15) is 23.5 Å². The monoisotopic (exact) mass is 606 g/mol. The van der Waals surface area contributed by atoms with E-state index in [1.54, 1.807) is 20.8 Å². The highest BCUT2D eigenvalue weighted by Crippen LogP contribution is 2.30. The average Bonchev–Trinajstić information content (AvgIpc) is 3.39. The molecule has 1 heterocycles. The topological polar surface area (TPSA) is 151 Å². The molecular formula is C32H54N4O7. The second-order valence-corrected chi connectivity index (χ2v) is 14.2. The molecule has 4 amide bonds. The van der Waals surface area contributed by atoms with Gasteiger partial charge in [-0.25, -0.2) is 4.79 Å². The summed E-state index contributed by atoms with van der Waals surface area (Å²) in [4.78, 5) is 79.3. The van der Waals surface area contributed by atoms with Gasteiger partial charge in [0.05, 0.1) is 6.04 Å². The molecule has 1 saturated carbocycles. The molecule has 2 aliphatic rings. The summed E-state index contributed by atoms with van der Waals surface area (Å²) in [6.45, 7) is 13.4. The molecule has 0 radical (unpaired) electrons. The number of rotatable bonds is 13. The summed E-state index contributed by atoms with van der Waals surface area (Å²) in [5.41, 5.74) is -0.888. The normalized spacial score (nSPS) is 19.2. The van der Waals surface area contributed by atoms with Crippen molar-refractivity contribution in [2.45, 2.75) is 143 Å². The maximum Gasteiger partial charge on any atom is 0.408 e. The van der Waals surface area contributed by atoms with Crippen LogP contribution in [0.25, 0.3) is 0 Å². The highest BCUT2D eigenvalue weighted by atomic mass is 16.6. The minimum atomic E-state index is -1.05. The Morgan fingerprint density at radius 2 is 1.53 bits per heavy atom. The Morgan fingerprint density at radius 1 is 0.884 bits per heavy atom. The first-order valence-electron chi connectivity index (χ1n) is 16.0. The zero-order chi connectivity index (χ0) is 32.4. The zero-order valence-electron chi connectivity index (χ0n) is 27.3. The van der Waals surface area contributed by atoms with Crippen LogP contribution in [0.3, 0.4) is 0 Å². The predicted octanol–water partition coefficient (Wildman–Crippen LogP) is 3.82. The summed E-state index contributed by atoms with van der Waals surface area (Å²) in [6.07, 6.45) is 6.22. The lowest BCUT2D eigenvalue weighted by Crippen LogP contribution is -2.58. The second kappa shape index (κ2) is 16.2. The van der Waals surface area contributed by atoms with E-state index in [4.69, 9.17) is 4.74 Å². The van der Waals surface area contributed by atoms with Crippen LogP contribution in [0.4, 0.5) is 4.79 Å². The molecule has 2 rings (SSSR count). The van der Waals surface area contributed by atoms with E-state index < -0.39 is 47.4 Å². The van der Waals surface area contributed by atoms with E-state index in [2.05, 4.69) is 16.0 Å². The number of amides is 4. The average molecular weight is 607 g/mol. The van der Waals surface area contributed by atoms with Gasteiger partial charge in [-0.05, 0) is 64.2 Å². The summed E-state index contributed by atoms with van der Waals surface area (Å²) in [5.74, 6) is -2.51. The van der Waals surface area contributed by atoms with Gasteiger partial charge in [0.15, 0.2) is 0 Å². The fraction of sp³-hybridized carbons (Fsp3) is 0.812. The molecule has 0 bridgehead atoms. The molecule has 2 fully saturated rings. The fourth-order valence-electron chi connectivity index (χ4n) is 5.83. The SMILES string of the molecule is CCCC(NC(=O)[C@@H]1CCCN1C(=O)C(NC(=O)OC(C)(C)C)C1CCCCC1)C(=O)C(=O)NCCC(=O)CC(C)(C)C. The highest BCUT2D eigenvalue weighted by molar-refractivity contribution is 6.38. The minimum absolute atomic E-state index is 0.00246. The smallest absolute Gasteiger partial charge is 0.408 e. The molecule has 3 atom stereocenters. The van der Waals surface area contributed by atoms with Gasteiger partial charge in [-0.15, -0.1) is 0 Å². The maximum absolute atomic E-state index is 13.9. The quantitative estimate of drug-likeness (QED) is 0.270. The molecule has 0 spiro atoms. The van der Waals surface area contributed by atoms with Crippen LogP contribution in [0.5, 0.6) is 0 Å². The van der Waals surface area contributed by atoms with Gasteiger partial charge in [-0.3, -0.25) is 24.0 Å². The fourth-order valence-corrected chi connectivity index (χ4v) is 5.83. The lowest BCUT2D eigenvalue weighted by molar-refractivity contribution is -0.143. The highest BCUT2D eigenvalue weighted by Gasteiger charge is 2.42. The van der Waals surface area contributed by atoms with Gasteiger partial charge in [0, 0.05) is 25.9 Å². The van der Waals surface area contributed by atoms with Crippen LogP contribution in [0.15, 0.2) is 0 Å². The number of hydrogen-bond donors (Lipinski definition) is 3. The molecule has 11 nitrogen and oxygen atoms in total. The Kier molecular flexibility index (Phi) is 13.6. The Hall–Kier alpha value is -2.98. The van der Waals surface area contributed by atoms with Crippen molar-refractivity contribution >= 4 is 35.4 Å². The summed E-state index contributed by atoms with van der Waals surface area (Å²) < 4.78 is 5.44. The first-order valence-corrected chi connectivity index (χ1v) is 16.0. The van der Waals surface area contributed by atoms with Crippen LogP contribution in [-0.4, -0.2) is 77.1 Å². The lowest BCUT2D eigenvalue weighted by Gasteiger charge is -2.35. The molecule has 0 aromatic heterocycles. The molecule has 3 N–H and O–H groups in total. The van der Waals surface area contributed by atoms with Crippen molar-refractivity contribution in [3.63, 3.8) is 0 Å². The number of ketones is 2. The van der Waals surface area contributed by atoms with Gasteiger partial charge < -0.3 is 25.6 Å². The number of carbonyl (C=O) groups is 6. The first-order chi connectivity index (χ1) is 20.0. The van der Waals surface area contributed by atoms with E-state index in [-0.39, 0.29) is 42.4 Å². The minimum Gasteiger partial charge on any atom is -0.444 e. The summed E-state index contributed by atoms with van der Waals surface area (Å²) in [7, 11) is 0. The number of likely N-dealkylation sites (tertiary alicyclic amines) is 1. The third-order valence-electron chi connectivity index (χ3n) is 7.75. The van der Waals surface area contributed by atoms with Gasteiger partial charge in [-0.2, -0.15) is 0 Å². The summed E-state index contributed by atoms with van der Waals surface area (Å²) in [6, 6.07) is -2.68. The largest absolute Gasteiger partial charge is 0.444 e. The Morgan fingerprint density at radius 3 is 2.12 bits per heavy atom. The van der Waals surface area contributed by atoms with E-state index in [0.29, 0.717) is 32.2 Å². The van der Waals surface area contributed by atoms with E-state index in [1.807, 2.05) is 27.7 Å². The molecule has 0 aromatic rings. The standard InChI is InChI=1S/C32H54N4O7/c1-8-13-23(26(38)28(40)33-18-17-22(37)20-31(2,3)4)34-27(39)24-16-12-19-36(24)29(41)25(21-14-10-9-11-15-21)35-30(42)43-32(5,6)7/h21,23-25H,8-20H2,1-7H3,(H,33,40)(H,34,39)(H,35,42)/t23?,24-,25?/m0/s1. The van der Waals surface area contributed by atoms with Crippen LogP contribution in [0, 0.1) is 11.3 Å². The molecule has 0 aromatic carbocycles. The summed E-state index contributed by atoms with van der Waals surface area (Å²) in [5, 5.41) is 8.04. The molecule has 1 saturated heterocycles. The number of carbonyl (C=O) groups excluding carboxylic acids is 6. The van der Waals surface area contributed by atoms with Gasteiger partial charge >= 0.3 is 6.09 Å². The molecular weight excluding hydrogens is 552 g/mol. The van der Waals surface area contributed by atoms with Crippen LogP contribution < -0.4 is 16.0 Å². The van der Waals surface area contributed by atoms with Crippen LogP contribution >= 0.6 is 0 Å². The molecule has 43 heavy (non-hydrogen) atoms. The van der Waals surface area contributed by atoms with Crippen molar-refractivity contribution in [3.05, 3.63) is 0 Å². The van der Waals surface area contributed by atoms with Crippen molar-refractivity contribution in [1.82, 2.24) is 20.9 Å². The molecule has 2 unspecified atom stereocenters. The van der Waals surface area contributed by atoms with E-state index in [9.17, 15) is 28.8 Å². The lowest BCUT2D eigenvalue weighted by atomic mass is 9.83. The van der Waals surface area contributed by atoms with Gasteiger partial charge in [0.25, 0.3) is 5.91 Å². The third kappa shape index (κ3) is 12.3. The van der Waals surface area contributed by atoms with Crippen molar-refractivity contribution < 1.29 is 33.5 Å². The Balaban J connectivity index is 2.08. The van der Waals surface area contributed by atoms with Gasteiger partial charge in [0.2, 0.25) is 17.6 Å². The number of alkyl carbamates (subject to hydrolysis) is 1. The number of nitrogens with one attached hydrogen (secondary N) is 3. The Labute approximate surface area is 257 Å². The summed E-state index contributed by atoms with van der Waals surface area (Å²) >= 11 is 0. The van der Waals surface area contributed by atoms with Crippen LogP contribution in [0.2, 0.25) is 0 Å². The first kappa shape index (κ1) is 36.2. The maximum atomic E-state index is 13.9. The Bertz CT molecular complexity index is 1010. The second-order valence-electron chi connectivity index (χ2n) is 14.2. The van der Waals surface area contributed by atoms with Crippen LogP contribution in [0.1, 0.15) is 119 Å². The van der Waals surface area contributed by atoms with E-state index in [0.717, 1.165) is 32.1 Å². The van der Waals surface area contributed by atoms with Crippen molar-refractivity contribution in [1.29, 1.82) is 0 Å². The molecule has 1 aliphatic heterocycles. The predicted molar refractivity (Wildman–Crippen MR) is 163 cm³/mol. The zero-order valence-corrected chi connectivity index (χ0v) is 27.3. The van der Waals surface area contributed by atoms with Crippen LogP contribution in [-0.2, 0) is 28.7 Å². The van der Waals surface area contributed by atoms with E-state index >= 15 is 0 Å². The number of nitrogens with zero attached hydrogens (tertiary/aromatic N) is 1. The van der Waals surface area contributed by atoms with Crippen molar-refractivity contribution in [2.75, 3.05) is 13.1 Å². The van der Waals surface area contributed by atoms with Crippen molar-refractivity contribution in [2.24, 2.45) is 11.3 Å². The number of ether oxygens (including phenoxy) is 1. The van der Waals surface area contributed by atoms with Crippen molar-refractivity contribution in [3.8, 4) is 0 Å². The van der Waals surface area contributed by atoms with Gasteiger partial charge in [-0.1, -0.05) is 53.4 Å².